The Hall–Kier alpha value is -1.00. The fourth-order valence-electron chi connectivity index (χ4n) is 6.43. The van der Waals surface area contributed by atoms with Gasteiger partial charge in [-0.3, -0.25) is 4.79 Å². The zero-order valence-electron chi connectivity index (χ0n) is 14.7. The van der Waals surface area contributed by atoms with Crippen LogP contribution in [0.15, 0.2) is 23.8 Å². The molecule has 3 fully saturated rings. The predicted molar refractivity (Wildman–Crippen MR) is 89.0 cm³/mol. The molecule has 0 bridgehead atoms. The molecule has 132 valence electrons. The minimum Gasteiger partial charge on any atom is -0.390 e. The monoisotopic (exact) mass is 334 g/mol. The Morgan fingerprint density at radius 1 is 1.21 bits per heavy atom. The lowest BCUT2D eigenvalue weighted by Gasteiger charge is -2.62. The number of alkyl halides is 1. The molecule has 0 aromatic rings. The molecule has 4 aliphatic rings. The van der Waals surface area contributed by atoms with E-state index in [9.17, 15) is 15.0 Å². The van der Waals surface area contributed by atoms with Crippen molar-refractivity contribution >= 4 is 5.78 Å². The second-order valence-corrected chi connectivity index (χ2v) is 9.08. The van der Waals surface area contributed by atoms with Crippen molar-refractivity contribution in [1.82, 2.24) is 0 Å². The van der Waals surface area contributed by atoms with Crippen LogP contribution in [0.3, 0.4) is 0 Å². The van der Waals surface area contributed by atoms with Crippen molar-refractivity contribution in [2.45, 2.75) is 70.2 Å². The van der Waals surface area contributed by atoms with E-state index in [0.29, 0.717) is 19.3 Å². The van der Waals surface area contributed by atoms with Crippen LogP contribution in [0.25, 0.3) is 0 Å². The van der Waals surface area contributed by atoms with Crippen LogP contribution >= 0.6 is 0 Å². The van der Waals surface area contributed by atoms with Gasteiger partial charge in [0, 0.05) is 16.7 Å². The van der Waals surface area contributed by atoms with E-state index in [1.807, 2.05) is 20.8 Å². The second-order valence-electron chi connectivity index (χ2n) is 9.08. The van der Waals surface area contributed by atoms with Gasteiger partial charge in [-0.15, -0.1) is 0 Å². The number of rotatable bonds is 0. The fraction of sp³-hybridized carbons (Fsp3) is 0.750. The third-order valence-electron chi connectivity index (χ3n) is 8.20. The lowest BCUT2D eigenvalue weighted by Crippen LogP contribution is -2.67. The largest absolute Gasteiger partial charge is 0.390 e. The predicted octanol–water partition coefficient (Wildman–Crippen LogP) is 3.11. The number of aliphatic hydroxyl groups excluding tert-OH is 1. The van der Waals surface area contributed by atoms with Crippen LogP contribution < -0.4 is 0 Å². The number of allylic oxidation sites excluding steroid dienone is 4. The molecule has 0 aliphatic heterocycles. The highest BCUT2D eigenvalue weighted by Crippen LogP contribution is 2.69. The van der Waals surface area contributed by atoms with Gasteiger partial charge < -0.3 is 10.2 Å². The average Bonchev–Trinajstić information content (AvgIpc) is 2.72. The van der Waals surface area contributed by atoms with Gasteiger partial charge in [0.05, 0.1) is 11.7 Å². The lowest BCUT2D eigenvalue weighted by molar-refractivity contribution is -0.214. The summed E-state index contributed by atoms with van der Waals surface area (Å²) in [7, 11) is 0. The van der Waals surface area contributed by atoms with Gasteiger partial charge in [0.25, 0.3) is 0 Å². The average molecular weight is 334 g/mol. The quantitative estimate of drug-likeness (QED) is 0.716. The number of carbonyl (C=O) groups excluding carboxylic acids is 1. The maximum Gasteiger partial charge on any atom is 0.178 e. The van der Waals surface area contributed by atoms with Crippen LogP contribution in [-0.4, -0.2) is 33.4 Å². The third-order valence-corrected chi connectivity index (χ3v) is 8.20. The first kappa shape index (κ1) is 16.5. The third kappa shape index (κ3) is 1.67. The smallest absolute Gasteiger partial charge is 0.178 e. The molecule has 0 saturated heterocycles. The minimum absolute atomic E-state index is 0.0605. The van der Waals surface area contributed by atoms with Gasteiger partial charge in [-0.2, -0.15) is 0 Å². The number of hydrogen-bond donors (Lipinski definition) is 2. The van der Waals surface area contributed by atoms with Crippen molar-refractivity contribution < 1.29 is 19.4 Å². The maximum absolute atomic E-state index is 16.6. The summed E-state index contributed by atoms with van der Waals surface area (Å²) in [5.41, 5.74) is -3.23. The summed E-state index contributed by atoms with van der Waals surface area (Å²) in [5, 5.41) is 21.8. The number of aliphatic hydroxyl groups is 2. The van der Waals surface area contributed by atoms with Gasteiger partial charge in [-0.25, -0.2) is 4.39 Å². The molecular weight excluding hydrogens is 307 g/mol. The van der Waals surface area contributed by atoms with Crippen molar-refractivity contribution in [3.05, 3.63) is 23.8 Å². The first-order chi connectivity index (χ1) is 11.1. The summed E-state index contributed by atoms with van der Waals surface area (Å²) in [6.45, 7) is 5.67. The number of carbonyl (C=O) groups is 1. The standard InChI is InChI=1S/C20H27FO3/c1-17-8-6-13(22)10-12(17)4-5-15-14-7-9-19(3,24)18(14,2)11-16(23)20(15,17)21/h6,8,10,14-16,23-24H,4-5,7,9,11H2,1-3H3/t14-,15-,16-,17-,18-,19+,20?/m0/s1. The van der Waals surface area contributed by atoms with Gasteiger partial charge in [0.15, 0.2) is 11.5 Å². The molecule has 3 nitrogen and oxygen atoms in total. The molecule has 0 aromatic carbocycles. The minimum atomic E-state index is -1.78. The summed E-state index contributed by atoms with van der Waals surface area (Å²) < 4.78 is 16.6. The molecule has 0 amide bonds. The van der Waals surface area contributed by atoms with Gasteiger partial charge in [0.1, 0.15) is 0 Å². The summed E-state index contributed by atoms with van der Waals surface area (Å²) in [5.74, 6) is -0.325. The fourth-order valence-corrected chi connectivity index (χ4v) is 6.43. The Morgan fingerprint density at radius 2 is 1.92 bits per heavy atom. The van der Waals surface area contributed by atoms with Gasteiger partial charge in [0.2, 0.25) is 0 Å². The van der Waals surface area contributed by atoms with Crippen LogP contribution in [-0.2, 0) is 4.79 Å². The van der Waals surface area contributed by atoms with Crippen LogP contribution in [0.1, 0.15) is 52.9 Å². The van der Waals surface area contributed by atoms with Gasteiger partial charge in [-0.05, 0) is 64.0 Å². The van der Waals surface area contributed by atoms with Crippen LogP contribution in [0.4, 0.5) is 4.39 Å². The maximum atomic E-state index is 16.6. The van der Waals surface area contributed by atoms with E-state index in [-0.39, 0.29) is 24.0 Å². The van der Waals surface area contributed by atoms with E-state index >= 15 is 4.39 Å². The molecule has 4 rings (SSSR count). The van der Waals surface area contributed by atoms with E-state index in [0.717, 1.165) is 12.0 Å². The zero-order chi connectivity index (χ0) is 17.5. The topological polar surface area (TPSA) is 57.5 Å². The second kappa shape index (κ2) is 4.59. The van der Waals surface area contributed by atoms with Crippen molar-refractivity contribution in [2.24, 2.45) is 22.7 Å². The lowest BCUT2D eigenvalue weighted by atomic mass is 9.45. The van der Waals surface area contributed by atoms with Crippen molar-refractivity contribution in [2.75, 3.05) is 0 Å². The zero-order valence-corrected chi connectivity index (χ0v) is 14.7. The summed E-state index contributed by atoms with van der Waals surface area (Å²) in [4.78, 5) is 11.7. The van der Waals surface area contributed by atoms with Gasteiger partial charge >= 0.3 is 0 Å². The van der Waals surface area contributed by atoms with Crippen LogP contribution in [0, 0.1) is 22.7 Å². The molecule has 24 heavy (non-hydrogen) atoms. The molecule has 3 saturated carbocycles. The van der Waals surface area contributed by atoms with Crippen molar-refractivity contribution in [3.8, 4) is 0 Å². The summed E-state index contributed by atoms with van der Waals surface area (Å²) in [6, 6.07) is 0. The highest BCUT2D eigenvalue weighted by atomic mass is 19.1. The Balaban J connectivity index is 1.84. The molecular formula is C20H27FO3. The summed E-state index contributed by atoms with van der Waals surface area (Å²) in [6.07, 6.45) is 6.57. The number of halogens is 1. The Labute approximate surface area is 142 Å². The molecule has 4 heteroatoms. The van der Waals surface area contributed by atoms with E-state index in [2.05, 4.69) is 0 Å². The van der Waals surface area contributed by atoms with E-state index in [1.54, 1.807) is 12.2 Å². The molecule has 0 radical (unpaired) electrons. The number of ketones is 1. The van der Waals surface area contributed by atoms with Crippen LogP contribution in [0.5, 0.6) is 0 Å². The summed E-state index contributed by atoms with van der Waals surface area (Å²) >= 11 is 0. The van der Waals surface area contributed by atoms with Gasteiger partial charge in [-0.1, -0.05) is 18.6 Å². The first-order valence-corrected chi connectivity index (χ1v) is 9.10. The number of hydrogen-bond acceptors (Lipinski definition) is 3. The SMILES string of the molecule is C[C@]12C=CC(=O)C=C1CC[C@H]1[C@@H]3CC[C@@](C)(O)[C@@]3(C)C[C@H](O)C12F. The normalized spacial score (nSPS) is 56.3. The van der Waals surface area contributed by atoms with Crippen molar-refractivity contribution in [1.29, 1.82) is 0 Å². The Bertz CT molecular complexity index is 666. The molecule has 0 heterocycles. The van der Waals surface area contributed by atoms with E-state index in [1.165, 1.54) is 6.08 Å². The first-order valence-electron chi connectivity index (χ1n) is 9.10. The van der Waals surface area contributed by atoms with E-state index < -0.39 is 28.2 Å². The Kier molecular flexibility index (Phi) is 3.15. The molecule has 1 unspecified atom stereocenters. The molecule has 0 spiro atoms. The molecule has 0 aromatic heterocycles. The molecule has 7 atom stereocenters. The Morgan fingerprint density at radius 3 is 2.62 bits per heavy atom. The highest BCUT2D eigenvalue weighted by Gasteiger charge is 2.72. The number of fused-ring (bicyclic) bond motifs is 5. The molecule has 2 N–H and O–H groups in total. The van der Waals surface area contributed by atoms with Crippen LogP contribution in [0.2, 0.25) is 0 Å². The molecule has 4 aliphatic carbocycles. The van der Waals surface area contributed by atoms with E-state index in [4.69, 9.17) is 0 Å². The highest BCUT2D eigenvalue weighted by molar-refractivity contribution is 6.01. The van der Waals surface area contributed by atoms with Crippen molar-refractivity contribution in [3.63, 3.8) is 0 Å².